The molecular formula is C23H29N3O2. The van der Waals surface area contributed by atoms with Gasteiger partial charge in [0.15, 0.2) is 0 Å². The summed E-state index contributed by atoms with van der Waals surface area (Å²) in [6.45, 7) is 3.01. The number of para-hydroxylation sites is 1. The normalized spacial score (nSPS) is 14.2. The van der Waals surface area contributed by atoms with Gasteiger partial charge in [-0.2, -0.15) is 0 Å². The van der Waals surface area contributed by atoms with Crippen molar-refractivity contribution in [2.75, 3.05) is 18.9 Å². The zero-order valence-corrected chi connectivity index (χ0v) is 16.7. The predicted molar refractivity (Wildman–Crippen MR) is 112 cm³/mol. The van der Waals surface area contributed by atoms with Crippen LogP contribution in [-0.2, 0) is 11.3 Å². The van der Waals surface area contributed by atoms with Crippen LogP contribution in [0.4, 0.5) is 5.69 Å². The quantitative estimate of drug-likeness (QED) is 0.770. The molecule has 0 spiro atoms. The molecular weight excluding hydrogens is 350 g/mol. The van der Waals surface area contributed by atoms with Gasteiger partial charge in [-0.05, 0) is 44.5 Å². The highest BCUT2D eigenvalue weighted by atomic mass is 16.2. The number of likely N-dealkylation sites (N-methyl/N-ethyl adjacent to an activating group) is 1. The van der Waals surface area contributed by atoms with E-state index in [2.05, 4.69) is 41.8 Å². The number of hydrogen-bond donors (Lipinski definition) is 2. The summed E-state index contributed by atoms with van der Waals surface area (Å²) >= 11 is 0. The van der Waals surface area contributed by atoms with E-state index in [0.29, 0.717) is 17.8 Å². The van der Waals surface area contributed by atoms with Crippen molar-refractivity contribution in [2.24, 2.45) is 0 Å². The zero-order chi connectivity index (χ0) is 19.9. The van der Waals surface area contributed by atoms with Gasteiger partial charge in [0, 0.05) is 12.6 Å². The number of carbonyl (C=O) groups is 2. The molecule has 1 saturated carbocycles. The van der Waals surface area contributed by atoms with Crippen LogP contribution in [0.2, 0.25) is 0 Å². The highest BCUT2D eigenvalue weighted by Gasteiger charge is 2.20. The van der Waals surface area contributed by atoms with Crippen LogP contribution in [0, 0.1) is 6.92 Å². The van der Waals surface area contributed by atoms with Crippen molar-refractivity contribution in [1.82, 2.24) is 10.2 Å². The van der Waals surface area contributed by atoms with Gasteiger partial charge in [0.1, 0.15) is 0 Å². The molecule has 2 N–H and O–H groups in total. The Morgan fingerprint density at radius 3 is 2.43 bits per heavy atom. The van der Waals surface area contributed by atoms with Crippen molar-refractivity contribution in [1.29, 1.82) is 0 Å². The molecule has 0 radical (unpaired) electrons. The number of amides is 2. The largest absolute Gasteiger partial charge is 0.349 e. The Kier molecular flexibility index (Phi) is 6.82. The van der Waals surface area contributed by atoms with Crippen LogP contribution in [0.25, 0.3) is 0 Å². The lowest BCUT2D eigenvalue weighted by molar-refractivity contribution is -0.117. The molecule has 5 nitrogen and oxygen atoms in total. The van der Waals surface area contributed by atoms with Crippen molar-refractivity contribution in [3.63, 3.8) is 0 Å². The minimum absolute atomic E-state index is 0.115. The maximum Gasteiger partial charge on any atom is 0.253 e. The van der Waals surface area contributed by atoms with Crippen LogP contribution in [-0.4, -0.2) is 36.3 Å². The van der Waals surface area contributed by atoms with E-state index < -0.39 is 0 Å². The van der Waals surface area contributed by atoms with E-state index in [-0.39, 0.29) is 24.4 Å². The SMILES string of the molecule is Cc1ccc(CN(C)CC(=O)Nc2ccccc2C(=O)NC2CCCC2)cc1. The molecule has 0 heterocycles. The highest BCUT2D eigenvalue weighted by Crippen LogP contribution is 2.20. The zero-order valence-electron chi connectivity index (χ0n) is 16.7. The molecule has 0 bridgehead atoms. The molecule has 1 aliphatic carbocycles. The van der Waals surface area contributed by atoms with Crippen LogP contribution < -0.4 is 10.6 Å². The average Bonchev–Trinajstić information content (AvgIpc) is 3.17. The minimum Gasteiger partial charge on any atom is -0.349 e. The van der Waals surface area contributed by atoms with E-state index in [1.807, 2.05) is 24.1 Å². The standard InChI is InChI=1S/C23H29N3O2/c1-17-11-13-18(14-12-17)15-26(2)16-22(27)25-21-10-6-5-9-20(21)23(28)24-19-7-3-4-8-19/h5-6,9-14,19H,3-4,7-8,15-16H2,1-2H3,(H,24,28)(H,25,27). The summed E-state index contributed by atoms with van der Waals surface area (Å²) in [5.41, 5.74) is 3.46. The molecule has 0 aliphatic heterocycles. The fourth-order valence-corrected chi connectivity index (χ4v) is 3.62. The Hall–Kier alpha value is -2.66. The molecule has 148 valence electrons. The van der Waals surface area contributed by atoms with Crippen LogP contribution >= 0.6 is 0 Å². The first-order valence-electron chi connectivity index (χ1n) is 9.95. The second-order valence-corrected chi connectivity index (χ2v) is 7.71. The molecule has 2 aromatic rings. The monoisotopic (exact) mass is 379 g/mol. The summed E-state index contributed by atoms with van der Waals surface area (Å²) in [5.74, 6) is -0.244. The summed E-state index contributed by atoms with van der Waals surface area (Å²) in [6, 6.07) is 15.7. The van der Waals surface area contributed by atoms with Crippen LogP contribution in [0.1, 0.15) is 47.2 Å². The second-order valence-electron chi connectivity index (χ2n) is 7.71. The fourth-order valence-electron chi connectivity index (χ4n) is 3.62. The van der Waals surface area contributed by atoms with Gasteiger partial charge in [0.05, 0.1) is 17.8 Å². The van der Waals surface area contributed by atoms with E-state index in [4.69, 9.17) is 0 Å². The third kappa shape index (κ3) is 5.67. The molecule has 1 fully saturated rings. The molecule has 0 unspecified atom stereocenters. The summed E-state index contributed by atoms with van der Waals surface area (Å²) in [4.78, 5) is 27.1. The first-order chi connectivity index (χ1) is 13.5. The smallest absolute Gasteiger partial charge is 0.253 e. The summed E-state index contributed by atoms with van der Waals surface area (Å²) in [6.07, 6.45) is 4.39. The Labute approximate surface area is 167 Å². The van der Waals surface area contributed by atoms with Gasteiger partial charge < -0.3 is 10.6 Å². The van der Waals surface area contributed by atoms with Crippen LogP contribution in [0.15, 0.2) is 48.5 Å². The Balaban J connectivity index is 1.57. The number of hydrogen-bond acceptors (Lipinski definition) is 3. The number of nitrogens with one attached hydrogen (secondary N) is 2. The van der Waals surface area contributed by atoms with E-state index in [1.165, 1.54) is 5.56 Å². The Bertz CT molecular complexity index is 811. The van der Waals surface area contributed by atoms with Crippen molar-refractivity contribution >= 4 is 17.5 Å². The van der Waals surface area contributed by atoms with Crippen molar-refractivity contribution in [3.05, 3.63) is 65.2 Å². The third-order valence-corrected chi connectivity index (χ3v) is 5.12. The molecule has 2 aromatic carbocycles. The lowest BCUT2D eigenvalue weighted by Crippen LogP contribution is -2.34. The van der Waals surface area contributed by atoms with Gasteiger partial charge in [-0.1, -0.05) is 54.8 Å². The van der Waals surface area contributed by atoms with Gasteiger partial charge in [-0.25, -0.2) is 0 Å². The average molecular weight is 380 g/mol. The molecule has 1 aliphatic rings. The Morgan fingerprint density at radius 2 is 1.71 bits per heavy atom. The van der Waals surface area contributed by atoms with Gasteiger partial charge in [0.25, 0.3) is 5.91 Å². The van der Waals surface area contributed by atoms with Gasteiger partial charge in [-0.3, -0.25) is 14.5 Å². The molecule has 0 aromatic heterocycles. The highest BCUT2D eigenvalue weighted by molar-refractivity contribution is 6.04. The van der Waals surface area contributed by atoms with Gasteiger partial charge in [0.2, 0.25) is 5.91 Å². The van der Waals surface area contributed by atoms with Crippen LogP contribution in [0.5, 0.6) is 0 Å². The number of aryl methyl sites for hydroxylation is 1. The lowest BCUT2D eigenvalue weighted by atomic mass is 10.1. The first kappa shape index (κ1) is 20.1. The number of carbonyl (C=O) groups excluding carboxylic acids is 2. The summed E-state index contributed by atoms with van der Waals surface area (Å²) in [5, 5.41) is 5.99. The van der Waals surface area contributed by atoms with E-state index in [1.54, 1.807) is 12.1 Å². The van der Waals surface area contributed by atoms with Gasteiger partial charge >= 0.3 is 0 Å². The number of benzene rings is 2. The molecule has 3 rings (SSSR count). The fraction of sp³-hybridized carbons (Fsp3) is 0.391. The summed E-state index contributed by atoms with van der Waals surface area (Å²) < 4.78 is 0. The molecule has 28 heavy (non-hydrogen) atoms. The van der Waals surface area contributed by atoms with Crippen molar-refractivity contribution < 1.29 is 9.59 Å². The van der Waals surface area contributed by atoms with E-state index in [0.717, 1.165) is 31.2 Å². The molecule has 0 atom stereocenters. The summed E-state index contributed by atoms with van der Waals surface area (Å²) in [7, 11) is 1.91. The Morgan fingerprint density at radius 1 is 1.04 bits per heavy atom. The maximum atomic E-state index is 12.6. The predicted octanol–water partition coefficient (Wildman–Crippen LogP) is 3.74. The molecule has 5 heteroatoms. The van der Waals surface area contributed by atoms with E-state index >= 15 is 0 Å². The third-order valence-electron chi connectivity index (χ3n) is 5.12. The first-order valence-corrected chi connectivity index (χ1v) is 9.95. The van der Waals surface area contributed by atoms with E-state index in [9.17, 15) is 9.59 Å². The minimum atomic E-state index is -0.129. The second kappa shape index (κ2) is 9.51. The molecule has 2 amide bonds. The lowest BCUT2D eigenvalue weighted by Gasteiger charge is -2.18. The van der Waals surface area contributed by atoms with Crippen molar-refractivity contribution in [3.8, 4) is 0 Å². The molecule has 0 saturated heterocycles. The number of anilines is 1. The van der Waals surface area contributed by atoms with Gasteiger partial charge in [-0.15, -0.1) is 0 Å². The number of rotatable bonds is 7. The number of nitrogens with zero attached hydrogens (tertiary/aromatic N) is 1. The topological polar surface area (TPSA) is 61.4 Å². The van der Waals surface area contributed by atoms with Crippen molar-refractivity contribution in [2.45, 2.75) is 45.2 Å². The maximum absolute atomic E-state index is 12.6. The van der Waals surface area contributed by atoms with Crippen LogP contribution in [0.3, 0.4) is 0 Å².